The van der Waals surface area contributed by atoms with E-state index in [1.807, 2.05) is 11.4 Å². The summed E-state index contributed by atoms with van der Waals surface area (Å²) in [6, 6.07) is 11.7. The molecule has 1 saturated carbocycles. The van der Waals surface area contributed by atoms with E-state index in [-0.39, 0.29) is 30.1 Å². The Labute approximate surface area is 205 Å². The lowest BCUT2D eigenvalue weighted by atomic mass is 9.95. The number of nitrogens with zero attached hydrogens (tertiary/aromatic N) is 1. The van der Waals surface area contributed by atoms with Crippen LogP contribution in [0.15, 0.2) is 59.3 Å². The number of halogens is 1. The van der Waals surface area contributed by atoms with Crippen molar-refractivity contribution in [2.75, 3.05) is 11.4 Å². The van der Waals surface area contributed by atoms with Gasteiger partial charge in [-0.15, -0.1) is 22.7 Å². The zero-order chi connectivity index (χ0) is 23.9. The molecule has 1 fully saturated rings. The molecule has 1 aromatic carbocycles. The number of thiophene rings is 2. The number of rotatable bonds is 8. The van der Waals surface area contributed by atoms with Crippen molar-refractivity contribution in [1.29, 1.82) is 0 Å². The van der Waals surface area contributed by atoms with Gasteiger partial charge in [0.25, 0.3) is 5.91 Å². The summed E-state index contributed by atoms with van der Waals surface area (Å²) in [6.07, 6.45) is 5.05. The second-order valence-electron chi connectivity index (χ2n) is 8.17. The Kier molecular flexibility index (Phi) is 8.08. The molecule has 2 aromatic heterocycles. The molecule has 1 aliphatic carbocycles. The van der Waals surface area contributed by atoms with Gasteiger partial charge in [-0.25, -0.2) is 4.39 Å². The van der Waals surface area contributed by atoms with Gasteiger partial charge in [-0.05, 0) is 53.9 Å². The quantitative estimate of drug-likeness (QED) is 0.463. The molecule has 2 N–H and O–H groups in total. The molecule has 1 aliphatic rings. The van der Waals surface area contributed by atoms with Crippen LogP contribution in [-0.4, -0.2) is 30.3 Å². The fourth-order valence-electron chi connectivity index (χ4n) is 4.15. The van der Waals surface area contributed by atoms with Crippen LogP contribution in [0.3, 0.4) is 0 Å². The average Bonchev–Trinajstić information content (AvgIpc) is 3.56. The molecule has 178 valence electrons. The van der Waals surface area contributed by atoms with E-state index in [1.54, 1.807) is 29.6 Å². The Balaban J connectivity index is 1.63. The minimum absolute atomic E-state index is 0.0479. The SMILES string of the molecule is O=C(NCC(=O)N(c1cccc(F)c1)[C@@H](C(=O)NC1CCCCC1)c1cccs1)c1cccs1. The Morgan fingerprint density at radius 3 is 2.44 bits per heavy atom. The summed E-state index contributed by atoms with van der Waals surface area (Å²) in [4.78, 5) is 41.9. The largest absolute Gasteiger partial charge is 0.351 e. The molecular weight excluding hydrogens is 473 g/mol. The zero-order valence-electron chi connectivity index (χ0n) is 18.5. The van der Waals surface area contributed by atoms with Gasteiger partial charge in [0.05, 0.1) is 11.4 Å². The van der Waals surface area contributed by atoms with E-state index in [9.17, 15) is 18.8 Å². The van der Waals surface area contributed by atoms with Crippen LogP contribution < -0.4 is 15.5 Å². The van der Waals surface area contributed by atoms with E-state index < -0.39 is 17.8 Å². The summed E-state index contributed by atoms with van der Waals surface area (Å²) in [5, 5.41) is 9.35. The third-order valence-electron chi connectivity index (χ3n) is 5.77. The molecule has 0 aliphatic heterocycles. The molecule has 0 bridgehead atoms. The van der Waals surface area contributed by atoms with E-state index in [0.717, 1.165) is 32.1 Å². The first-order chi connectivity index (χ1) is 16.5. The summed E-state index contributed by atoms with van der Waals surface area (Å²) in [5.74, 6) is -1.71. The van der Waals surface area contributed by atoms with Crippen molar-refractivity contribution in [3.63, 3.8) is 0 Å². The van der Waals surface area contributed by atoms with Crippen LogP contribution in [0.2, 0.25) is 0 Å². The first kappa shape index (κ1) is 24.1. The lowest BCUT2D eigenvalue weighted by Crippen LogP contribution is -2.49. The van der Waals surface area contributed by atoms with Gasteiger partial charge in [-0.3, -0.25) is 19.3 Å². The number of carbonyl (C=O) groups is 3. The fourth-order valence-corrected chi connectivity index (χ4v) is 5.60. The van der Waals surface area contributed by atoms with E-state index in [4.69, 9.17) is 0 Å². The van der Waals surface area contributed by atoms with E-state index in [2.05, 4.69) is 10.6 Å². The predicted octanol–water partition coefficient (Wildman–Crippen LogP) is 4.90. The number of hydrogen-bond acceptors (Lipinski definition) is 5. The molecule has 4 rings (SSSR count). The van der Waals surface area contributed by atoms with Gasteiger partial charge >= 0.3 is 0 Å². The Morgan fingerprint density at radius 2 is 1.76 bits per heavy atom. The van der Waals surface area contributed by atoms with Crippen molar-refractivity contribution in [2.45, 2.75) is 44.2 Å². The number of anilines is 1. The van der Waals surface area contributed by atoms with Gasteiger partial charge in [0.2, 0.25) is 11.8 Å². The number of benzene rings is 1. The van der Waals surface area contributed by atoms with Crippen molar-refractivity contribution in [3.8, 4) is 0 Å². The molecule has 0 unspecified atom stereocenters. The molecule has 2 heterocycles. The molecule has 1 atom stereocenters. The highest BCUT2D eigenvalue weighted by Gasteiger charge is 2.35. The van der Waals surface area contributed by atoms with Crippen LogP contribution in [0.5, 0.6) is 0 Å². The molecule has 6 nitrogen and oxygen atoms in total. The Morgan fingerprint density at radius 1 is 1.00 bits per heavy atom. The highest BCUT2D eigenvalue weighted by molar-refractivity contribution is 7.12. The maximum atomic E-state index is 14.2. The summed E-state index contributed by atoms with van der Waals surface area (Å²) in [5.41, 5.74) is 0.257. The number of amides is 3. The smallest absolute Gasteiger partial charge is 0.261 e. The molecule has 3 amide bonds. The minimum atomic E-state index is -0.977. The van der Waals surface area contributed by atoms with Crippen LogP contribution in [0.1, 0.15) is 52.7 Å². The minimum Gasteiger partial charge on any atom is -0.351 e. The van der Waals surface area contributed by atoms with Crippen molar-refractivity contribution in [1.82, 2.24) is 10.6 Å². The first-order valence-electron chi connectivity index (χ1n) is 11.3. The number of carbonyl (C=O) groups excluding carboxylic acids is 3. The van der Waals surface area contributed by atoms with E-state index in [1.165, 1.54) is 45.8 Å². The van der Waals surface area contributed by atoms with Gasteiger partial charge in [0, 0.05) is 16.6 Å². The highest BCUT2D eigenvalue weighted by Crippen LogP contribution is 2.32. The molecule has 0 radical (unpaired) electrons. The maximum Gasteiger partial charge on any atom is 0.261 e. The predicted molar refractivity (Wildman–Crippen MR) is 133 cm³/mol. The van der Waals surface area contributed by atoms with Gasteiger partial charge in [-0.2, -0.15) is 0 Å². The second kappa shape index (κ2) is 11.4. The van der Waals surface area contributed by atoms with Crippen molar-refractivity contribution in [2.24, 2.45) is 0 Å². The van der Waals surface area contributed by atoms with Crippen molar-refractivity contribution >= 4 is 46.1 Å². The highest BCUT2D eigenvalue weighted by atomic mass is 32.1. The first-order valence-corrected chi connectivity index (χ1v) is 13.0. The topological polar surface area (TPSA) is 78.5 Å². The van der Waals surface area contributed by atoms with E-state index >= 15 is 0 Å². The van der Waals surface area contributed by atoms with Crippen molar-refractivity contribution < 1.29 is 18.8 Å². The van der Waals surface area contributed by atoms with Crippen molar-refractivity contribution in [3.05, 3.63) is 74.9 Å². The normalized spacial score (nSPS) is 14.9. The summed E-state index contributed by atoms with van der Waals surface area (Å²) >= 11 is 2.62. The second-order valence-corrected chi connectivity index (χ2v) is 10.1. The molecule has 0 saturated heterocycles. The molecule has 3 aromatic rings. The van der Waals surface area contributed by atoms with Crippen LogP contribution in [0.4, 0.5) is 10.1 Å². The average molecular weight is 500 g/mol. The van der Waals surface area contributed by atoms with Crippen LogP contribution >= 0.6 is 22.7 Å². The monoisotopic (exact) mass is 499 g/mol. The van der Waals surface area contributed by atoms with Gasteiger partial charge < -0.3 is 10.6 Å². The number of nitrogens with one attached hydrogen (secondary N) is 2. The third kappa shape index (κ3) is 5.90. The standard InChI is InChI=1S/C25H26FN3O3S2/c26-17-7-4-10-19(15-17)29(22(30)16-27-24(31)21-12-6-14-34-21)23(20-11-5-13-33-20)25(32)28-18-8-2-1-3-9-18/h4-7,10-15,18,23H,1-3,8-9,16H2,(H,27,31)(H,28,32)/t23-/m1/s1. The van der Waals surface area contributed by atoms with Gasteiger partial charge in [0.15, 0.2) is 0 Å². The zero-order valence-corrected chi connectivity index (χ0v) is 20.2. The lowest BCUT2D eigenvalue weighted by Gasteiger charge is -2.32. The Bertz CT molecular complexity index is 1110. The van der Waals surface area contributed by atoms with Gasteiger partial charge in [-0.1, -0.05) is 37.5 Å². The molecule has 0 spiro atoms. The van der Waals surface area contributed by atoms with E-state index in [0.29, 0.717) is 9.75 Å². The van der Waals surface area contributed by atoms with Crippen LogP contribution in [0, 0.1) is 5.82 Å². The van der Waals surface area contributed by atoms with Gasteiger partial charge in [0.1, 0.15) is 11.9 Å². The third-order valence-corrected chi connectivity index (χ3v) is 7.56. The summed E-state index contributed by atoms with van der Waals surface area (Å²) in [7, 11) is 0. The van der Waals surface area contributed by atoms with Crippen LogP contribution in [0.25, 0.3) is 0 Å². The molecule has 34 heavy (non-hydrogen) atoms. The summed E-state index contributed by atoms with van der Waals surface area (Å²) in [6.45, 7) is -0.328. The van der Waals surface area contributed by atoms with Crippen LogP contribution in [-0.2, 0) is 9.59 Å². The molecule has 9 heteroatoms. The number of hydrogen-bond donors (Lipinski definition) is 2. The molecular formula is C25H26FN3O3S2. The Hall–Kier alpha value is -3.04. The summed E-state index contributed by atoms with van der Waals surface area (Å²) < 4.78 is 14.2. The fraction of sp³-hybridized carbons (Fsp3) is 0.320. The maximum absolute atomic E-state index is 14.2. The lowest BCUT2D eigenvalue weighted by molar-refractivity contribution is -0.126.